The Morgan fingerprint density at radius 2 is 1.36 bits per heavy atom. The molecule has 0 aliphatic carbocycles. The number of aliphatic carboxylic acids is 1. The van der Waals surface area contributed by atoms with E-state index < -0.39 is 154 Å². The Balaban J connectivity index is 3.83. The van der Waals surface area contributed by atoms with Crippen molar-refractivity contribution >= 4 is 65.0 Å². The number of carboxylic acids is 1. The Hall–Kier alpha value is -6.21. The number of amides is 10. The molecule has 0 saturated carbocycles. The average molecular weight is 1070 g/mol. The maximum absolute atomic E-state index is 14.5. The second-order valence-corrected chi connectivity index (χ2v) is 21.1. The van der Waals surface area contributed by atoms with Crippen LogP contribution in [0.2, 0.25) is 0 Å². The molecule has 1 aliphatic heterocycles. The number of aliphatic hydroxyl groups is 2. The molecule has 426 valence electrons. The van der Waals surface area contributed by atoms with Crippen molar-refractivity contribution in [3.05, 3.63) is 12.2 Å². The highest BCUT2D eigenvalue weighted by Crippen LogP contribution is 2.21. The molecule has 10 amide bonds. The van der Waals surface area contributed by atoms with Crippen LogP contribution < -0.4 is 59.3 Å². The Labute approximate surface area is 440 Å². The average Bonchev–Trinajstić information content (AvgIpc) is 3.31. The van der Waals surface area contributed by atoms with E-state index in [1.165, 1.54) is 34.6 Å². The third-order valence-corrected chi connectivity index (χ3v) is 13.4. The molecule has 0 spiro atoms. The van der Waals surface area contributed by atoms with Crippen LogP contribution in [0.4, 0.5) is 0 Å². The quantitative estimate of drug-likeness (QED) is 0.0577. The first kappa shape index (κ1) is 66.8. The van der Waals surface area contributed by atoms with E-state index in [9.17, 15) is 68.1 Å². The molecule has 1 unspecified atom stereocenters. The van der Waals surface area contributed by atoms with Crippen LogP contribution in [0.15, 0.2) is 12.2 Å². The largest absolute Gasteiger partial charge is 0.481 e. The minimum atomic E-state index is -1.88. The fraction of sp³-hybridized carbons (Fsp3) is 0.740. The summed E-state index contributed by atoms with van der Waals surface area (Å²) in [6.07, 6.45) is 0.979. The Morgan fingerprint density at radius 1 is 0.773 bits per heavy atom. The predicted octanol–water partition coefficient (Wildman–Crippen LogP) is -1.59. The van der Waals surface area contributed by atoms with Gasteiger partial charge in [-0.15, -0.1) is 0 Å². The summed E-state index contributed by atoms with van der Waals surface area (Å²) in [5.74, 6) is -11.6. The molecule has 0 aromatic rings. The molecule has 1 rings (SSSR count). The number of rotatable bonds is 21. The minimum absolute atomic E-state index is 0.0516. The van der Waals surface area contributed by atoms with Crippen LogP contribution in [0.1, 0.15) is 154 Å². The molecule has 0 aromatic carbocycles. The van der Waals surface area contributed by atoms with E-state index in [1.807, 2.05) is 6.92 Å². The molecule has 25 nitrogen and oxygen atoms in total. The van der Waals surface area contributed by atoms with Crippen LogP contribution in [-0.4, -0.2) is 151 Å². The molecule has 0 aromatic heterocycles. The molecule has 0 saturated heterocycles. The Kier molecular flexibility index (Phi) is 27.0. The van der Waals surface area contributed by atoms with Crippen molar-refractivity contribution in [1.82, 2.24) is 47.9 Å². The monoisotopic (exact) mass is 1070 g/mol. The van der Waals surface area contributed by atoms with Gasteiger partial charge in [0.25, 0.3) is 0 Å². The van der Waals surface area contributed by atoms with Crippen molar-refractivity contribution in [2.45, 2.75) is 225 Å². The Bertz CT molecular complexity index is 2070. The van der Waals surface area contributed by atoms with Crippen LogP contribution in [0.3, 0.4) is 0 Å². The number of aliphatic hydroxyl groups excluding tert-OH is 2. The second-order valence-electron chi connectivity index (χ2n) is 21.1. The summed E-state index contributed by atoms with van der Waals surface area (Å²) in [4.78, 5) is 149. The number of nitrogens with one attached hydrogen (secondary N) is 9. The maximum Gasteiger partial charge on any atom is 0.305 e. The summed E-state index contributed by atoms with van der Waals surface area (Å²) in [5.41, 5.74) is 6.77. The van der Waals surface area contributed by atoms with Crippen molar-refractivity contribution in [1.29, 1.82) is 0 Å². The first-order valence-electron chi connectivity index (χ1n) is 25.7. The van der Waals surface area contributed by atoms with Gasteiger partial charge in [0.2, 0.25) is 59.1 Å². The molecule has 1 heterocycles. The van der Waals surface area contributed by atoms with Gasteiger partial charge in [-0.2, -0.15) is 0 Å². The summed E-state index contributed by atoms with van der Waals surface area (Å²) in [7, 11) is 0. The van der Waals surface area contributed by atoms with Crippen molar-refractivity contribution in [3.63, 3.8) is 0 Å². The molecule has 75 heavy (non-hydrogen) atoms. The zero-order valence-corrected chi connectivity index (χ0v) is 45.8. The first-order valence-corrected chi connectivity index (χ1v) is 25.7. The normalized spacial score (nSPS) is 25.0. The first-order chi connectivity index (χ1) is 34.6. The van der Waals surface area contributed by atoms with Gasteiger partial charge in [0.05, 0.1) is 18.6 Å². The van der Waals surface area contributed by atoms with E-state index in [1.54, 1.807) is 53.7 Å². The van der Waals surface area contributed by atoms with Gasteiger partial charge in [-0.3, -0.25) is 52.7 Å². The van der Waals surface area contributed by atoms with E-state index in [0.29, 0.717) is 19.3 Å². The lowest BCUT2D eigenvalue weighted by Crippen LogP contribution is -2.65. The SMILES string of the molecule is CC[C@H](C)[C@@H]1NC(=O)[C@H](C)NC(=O)[C@@](C)(NC(=O)[C@H](CCC(N)=O)NC(=O)[C@H](N)[C@@H](C)O)CCC/C=C/CCC[C@@](C)(C(=O)NC(C(=O)N[C@H](C(=O)NC(C)(C)CC)[C@@H](C)O)C(C)C)NC(=O)[C@H](CC(=O)O)NC1=O. The molecule has 0 fully saturated rings. The number of carbonyl (C=O) groups is 11. The molecule has 0 bridgehead atoms. The van der Waals surface area contributed by atoms with Gasteiger partial charge in [-0.05, 0) is 112 Å². The summed E-state index contributed by atoms with van der Waals surface area (Å²) in [6, 6.07) is -10.3. The van der Waals surface area contributed by atoms with Crippen molar-refractivity contribution in [3.8, 4) is 0 Å². The highest BCUT2D eigenvalue weighted by Gasteiger charge is 2.43. The Morgan fingerprint density at radius 3 is 1.87 bits per heavy atom. The summed E-state index contributed by atoms with van der Waals surface area (Å²) in [5, 5.41) is 53.6. The number of hydrogen-bond acceptors (Lipinski definition) is 14. The van der Waals surface area contributed by atoms with Crippen LogP contribution in [-0.2, 0) is 52.7 Å². The van der Waals surface area contributed by atoms with Gasteiger partial charge in [0, 0.05) is 12.0 Å². The summed E-state index contributed by atoms with van der Waals surface area (Å²) >= 11 is 0. The maximum atomic E-state index is 14.5. The van der Waals surface area contributed by atoms with Crippen LogP contribution in [0, 0.1) is 11.8 Å². The third kappa shape index (κ3) is 21.9. The lowest BCUT2D eigenvalue weighted by molar-refractivity contribution is -0.143. The number of allylic oxidation sites excluding steroid dienone is 2. The van der Waals surface area contributed by atoms with Gasteiger partial charge in [0.15, 0.2) is 0 Å². The van der Waals surface area contributed by atoms with Crippen molar-refractivity contribution < 1.29 is 68.1 Å². The zero-order valence-electron chi connectivity index (χ0n) is 45.8. The number of hydrogen-bond donors (Lipinski definition) is 14. The summed E-state index contributed by atoms with van der Waals surface area (Å²) in [6.45, 7) is 18.6. The van der Waals surface area contributed by atoms with Gasteiger partial charge in [-0.1, -0.05) is 53.2 Å². The van der Waals surface area contributed by atoms with Crippen LogP contribution in [0.25, 0.3) is 0 Å². The van der Waals surface area contributed by atoms with Crippen LogP contribution >= 0.6 is 0 Å². The van der Waals surface area contributed by atoms with Gasteiger partial charge in [0.1, 0.15) is 53.4 Å². The fourth-order valence-corrected chi connectivity index (χ4v) is 7.64. The molecular formula is C50H87N11O14. The van der Waals surface area contributed by atoms with E-state index in [2.05, 4.69) is 47.9 Å². The number of carboxylic acid groups (broad SMARTS) is 1. The predicted molar refractivity (Wildman–Crippen MR) is 276 cm³/mol. The van der Waals surface area contributed by atoms with Gasteiger partial charge < -0.3 is 74.6 Å². The molecule has 12 atom stereocenters. The highest BCUT2D eigenvalue weighted by atomic mass is 16.4. The number of nitrogens with two attached hydrogens (primary N) is 2. The molecular weight excluding hydrogens is 979 g/mol. The highest BCUT2D eigenvalue weighted by molar-refractivity contribution is 6.00. The standard InChI is InChI=1S/C50H87N11O14/c1-13-27(5)37-44(72)55-32(25-34(65)66)41(69)61-50(12,47(75)58-36(26(3)4)43(71)57-38(30(8)63)45(73)59-48(9,10)14-2)24-20-18-16-15-17-19-23-49(11,46(74)53-28(6)39(67)56-37)60-40(68)31(21-22-33(51)64)54-42(70)35(52)29(7)62/h15-16,26-32,35-38,62-63H,13-14,17-25,52H2,1-12H3,(H2,51,64)(H,53,74)(H,54,70)(H,55,72)(H,56,67)(H,57,71)(H,58,75)(H,59,73)(H,60,68)(H,61,69)(H,65,66)/b16-15+/t27-,28-,29+,30+,31-,32-,35+,36?,37-,38-,49-,50-/m0/s1. The lowest BCUT2D eigenvalue weighted by atomic mass is 9.91. The molecule has 1 aliphatic rings. The van der Waals surface area contributed by atoms with E-state index in [0.717, 1.165) is 0 Å². The fourth-order valence-electron chi connectivity index (χ4n) is 7.64. The number of primary amides is 1. The smallest absolute Gasteiger partial charge is 0.305 e. The van der Waals surface area contributed by atoms with E-state index in [-0.39, 0.29) is 44.9 Å². The molecule has 0 radical (unpaired) electrons. The summed E-state index contributed by atoms with van der Waals surface area (Å²) < 4.78 is 0. The van der Waals surface area contributed by atoms with E-state index >= 15 is 0 Å². The minimum Gasteiger partial charge on any atom is -0.481 e. The molecule has 16 N–H and O–H groups in total. The van der Waals surface area contributed by atoms with Gasteiger partial charge >= 0.3 is 5.97 Å². The third-order valence-electron chi connectivity index (χ3n) is 13.4. The van der Waals surface area contributed by atoms with Crippen molar-refractivity contribution in [2.24, 2.45) is 23.3 Å². The van der Waals surface area contributed by atoms with Crippen LogP contribution in [0.5, 0.6) is 0 Å². The zero-order chi connectivity index (χ0) is 57.8. The van der Waals surface area contributed by atoms with Crippen molar-refractivity contribution in [2.75, 3.05) is 0 Å². The number of carbonyl (C=O) groups excluding carboxylic acids is 10. The topological polar surface area (TPSA) is 409 Å². The van der Waals surface area contributed by atoms with Gasteiger partial charge in [-0.25, -0.2) is 0 Å². The second kappa shape index (κ2) is 30.4. The lowest BCUT2D eigenvalue weighted by Gasteiger charge is -2.35. The molecule has 25 heteroatoms. The van der Waals surface area contributed by atoms with E-state index in [4.69, 9.17) is 11.5 Å².